The van der Waals surface area contributed by atoms with Crippen LogP contribution in [-0.4, -0.2) is 39.8 Å². The Labute approximate surface area is 150 Å². The molecule has 0 saturated carbocycles. The van der Waals surface area contributed by atoms with Crippen LogP contribution in [0.4, 0.5) is 10.5 Å². The second-order valence-electron chi connectivity index (χ2n) is 6.13. The number of hydrogen-bond acceptors (Lipinski definition) is 6. The van der Waals surface area contributed by atoms with Crippen LogP contribution in [0.15, 0.2) is 47.4 Å². The maximum Gasteiger partial charge on any atom is 0.415 e. The highest BCUT2D eigenvalue weighted by atomic mass is 32.2. The summed E-state index contributed by atoms with van der Waals surface area (Å²) < 4.78 is 34.8. The lowest BCUT2D eigenvalue weighted by molar-refractivity contribution is 0.126. The Kier molecular flexibility index (Phi) is 3.87. The van der Waals surface area contributed by atoms with Crippen LogP contribution >= 0.6 is 0 Å². The molecule has 1 fully saturated rings. The summed E-state index contributed by atoms with van der Waals surface area (Å²) in [4.78, 5) is 13.7. The first-order chi connectivity index (χ1) is 12.4. The van der Waals surface area contributed by atoms with E-state index in [9.17, 15) is 13.2 Å². The fourth-order valence-corrected chi connectivity index (χ4v) is 4.12. The predicted octanol–water partition coefficient (Wildman–Crippen LogP) is 1.05. The van der Waals surface area contributed by atoms with Crippen LogP contribution in [0, 0.1) is 0 Å². The molecule has 0 aromatic heterocycles. The number of carbonyl (C=O) groups excluding carboxylic acids is 1. The smallest absolute Gasteiger partial charge is 0.415 e. The number of carbonyl (C=O) groups is 1. The van der Waals surface area contributed by atoms with E-state index in [0.717, 1.165) is 0 Å². The third-order valence-electron chi connectivity index (χ3n) is 4.58. The van der Waals surface area contributed by atoms with Crippen molar-refractivity contribution in [1.82, 2.24) is 0 Å². The Morgan fingerprint density at radius 2 is 1.96 bits per heavy atom. The molecule has 26 heavy (non-hydrogen) atoms. The van der Waals surface area contributed by atoms with Crippen molar-refractivity contribution < 1.29 is 22.7 Å². The minimum absolute atomic E-state index is 0.0254. The first kappa shape index (κ1) is 16.8. The largest absolute Gasteiger partial charge is 0.489 e. The second kappa shape index (κ2) is 5.97. The average molecular weight is 375 g/mol. The van der Waals surface area contributed by atoms with Gasteiger partial charge in [0.25, 0.3) is 0 Å². The number of hydrogen-bond donors (Lipinski definition) is 2. The molecule has 9 heteroatoms. The highest BCUT2D eigenvalue weighted by Gasteiger charge is 2.45. The van der Waals surface area contributed by atoms with E-state index in [0.29, 0.717) is 22.6 Å². The monoisotopic (exact) mass is 375 g/mol. The van der Waals surface area contributed by atoms with E-state index in [2.05, 4.69) is 0 Å². The molecule has 2 aliphatic rings. The van der Waals surface area contributed by atoms with Crippen molar-refractivity contribution in [2.24, 2.45) is 10.9 Å². The molecule has 1 amide bonds. The first-order valence-electron chi connectivity index (χ1n) is 7.99. The molecule has 0 spiro atoms. The number of cyclic esters (lactones) is 1. The summed E-state index contributed by atoms with van der Waals surface area (Å²) in [6, 6.07) is 11.3. The average Bonchev–Trinajstić information content (AvgIpc) is 2.97. The molecule has 0 aliphatic carbocycles. The van der Waals surface area contributed by atoms with Gasteiger partial charge in [0, 0.05) is 12.1 Å². The molecule has 2 heterocycles. The van der Waals surface area contributed by atoms with Crippen LogP contribution in [0.5, 0.6) is 5.75 Å². The van der Waals surface area contributed by atoms with Crippen molar-refractivity contribution in [2.75, 3.05) is 18.1 Å². The van der Waals surface area contributed by atoms with Crippen LogP contribution < -0.4 is 20.5 Å². The molecule has 0 radical (unpaired) electrons. The van der Waals surface area contributed by atoms with E-state index in [1.165, 1.54) is 11.0 Å². The molecule has 136 valence electrons. The fourth-order valence-electron chi connectivity index (χ4n) is 3.36. The van der Waals surface area contributed by atoms with E-state index in [1.807, 2.05) is 0 Å². The molecule has 4 rings (SSSR count). The van der Waals surface area contributed by atoms with E-state index in [4.69, 9.17) is 20.3 Å². The highest BCUT2D eigenvalue weighted by Crippen LogP contribution is 2.41. The molecule has 1 saturated heterocycles. The van der Waals surface area contributed by atoms with Gasteiger partial charge in [0.15, 0.2) is 0 Å². The summed E-state index contributed by atoms with van der Waals surface area (Å²) in [6.07, 6.45) is -0.883. The van der Waals surface area contributed by atoms with Gasteiger partial charge in [0.1, 0.15) is 24.5 Å². The predicted molar refractivity (Wildman–Crippen MR) is 94.3 cm³/mol. The molecule has 4 N–H and O–H groups in total. The van der Waals surface area contributed by atoms with Gasteiger partial charge < -0.3 is 15.2 Å². The van der Waals surface area contributed by atoms with Gasteiger partial charge in [-0.3, -0.25) is 4.90 Å². The van der Waals surface area contributed by atoms with Gasteiger partial charge in [-0.05, 0) is 23.8 Å². The summed E-state index contributed by atoms with van der Waals surface area (Å²) in [6.45, 7) is 0.465. The minimum atomic E-state index is -3.88. The van der Waals surface area contributed by atoms with Crippen molar-refractivity contribution in [3.05, 3.63) is 42.5 Å². The Bertz CT molecular complexity index is 992. The zero-order valence-corrected chi connectivity index (χ0v) is 14.5. The Hall–Kier alpha value is -2.62. The van der Waals surface area contributed by atoms with E-state index >= 15 is 0 Å². The number of anilines is 1. The van der Waals surface area contributed by atoms with Crippen LogP contribution in [-0.2, 0) is 14.8 Å². The summed E-state index contributed by atoms with van der Waals surface area (Å²) in [5, 5.41) is 5.31. The number of rotatable bonds is 3. The van der Waals surface area contributed by atoms with Gasteiger partial charge in [-0.15, -0.1) is 0 Å². The molecule has 0 unspecified atom stereocenters. The number of nitrogens with two attached hydrogens (primary N) is 2. The SMILES string of the molecule is NC[C@@H]1OC(=O)N2c3ccc(-c4ccccc4S(N)(=O)=O)cc3OC[C@@H]12. The van der Waals surface area contributed by atoms with Crippen molar-refractivity contribution in [3.63, 3.8) is 0 Å². The van der Waals surface area contributed by atoms with Gasteiger partial charge in [0.05, 0.1) is 10.6 Å². The molecular weight excluding hydrogens is 358 g/mol. The van der Waals surface area contributed by atoms with Gasteiger partial charge in [-0.1, -0.05) is 24.3 Å². The van der Waals surface area contributed by atoms with Crippen LogP contribution in [0.25, 0.3) is 11.1 Å². The highest BCUT2D eigenvalue weighted by molar-refractivity contribution is 7.89. The Morgan fingerprint density at radius 3 is 2.69 bits per heavy atom. The lowest BCUT2D eigenvalue weighted by atomic mass is 10.0. The third kappa shape index (κ3) is 2.61. The maximum atomic E-state index is 12.2. The van der Waals surface area contributed by atoms with Crippen LogP contribution in [0.1, 0.15) is 0 Å². The Morgan fingerprint density at radius 1 is 1.19 bits per heavy atom. The molecule has 2 aromatic carbocycles. The zero-order chi connectivity index (χ0) is 18.5. The van der Waals surface area contributed by atoms with Crippen molar-refractivity contribution in [1.29, 1.82) is 0 Å². The molecule has 2 atom stereocenters. The van der Waals surface area contributed by atoms with E-state index in [1.54, 1.807) is 36.4 Å². The quantitative estimate of drug-likeness (QED) is 0.826. The third-order valence-corrected chi connectivity index (χ3v) is 5.54. The number of primary sulfonamides is 1. The number of benzene rings is 2. The van der Waals surface area contributed by atoms with E-state index in [-0.39, 0.29) is 24.1 Å². The summed E-state index contributed by atoms with van der Waals surface area (Å²) in [5.74, 6) is 0.470. The lowest BCUT2D eigenvalue weighted by Gasteiger charge is -2.31. The molecule has 2 aliphatic heterocycles. The number of fused-ring (bicyclic) bond motifs is 3. The topological polar surface area (TPSA) is 125 Å². The standard InChI is InChI=1S/C17H17N3O5S/c18-8-15-13-9-24-14-7-10(5-6-12(14)20(13)17(21)25-15)11-3-1-2-4-16(11)26(19,22)23/h1-7,13,15H,8-9,18H2,(H2,19,22,23)/t13-,15-/m0/s1. The van der Waals surface area contributed by atoms with Crippen LogP contribution in [0.3, 0.4) is 0 Å². The van der Waals surface area contributed by atoms with Crippen molar-refractivity contribution in [2.45, 2.75) is 17.0 Å². The fraction of sp³-hybridized carbons (Fsp3) is 0.235. The number of amides is 1. The normalized spacial score (nSPS) is 21.6. The molecule has 0 bridgehead atoms. The van der Waals surface area contributed by atoms with Gasteiger partial charge in [0.2, 0.25) is 10.0 Å². The van der Waals surface area contributed by atoms with Crippen molar-refractivity contribution >= 4 is 21.8 Å². The van der Waals surface area contributed by atoms with Crippen molar-refractivity contribution in [3.8, 4) is 16.9 Å². The van der Waals surface area contributed by atoms with Gasteiger partial charge in [-0.2, -0.15) is 0 Å². The number of sulfonamides is 1. The van der Waals surface area contributed by atoms with Gasteiger partial charge >= 0.3 is 6.09 Å². The second-order valence-corrected chi connectivity index (χ2v) is 7.66. The summed E-state index contributed by atoms with van der Waals surface area (Å²) >= 11 is 0. The van der Waals surface area contributed by atoms with Gasteiger partial charge in [-0.25, -0.2) is 18.4 Å². The minimum Gasteiger partial charge on any atom is -0.489 e. The van der Waals surface area contributed by atoms with Crippen LogP contribution in [0.2, 0.25) is 0 Å². The maximum absolute atomic E-state index is 12.2. The lowest BCUT2D eigenvalue weighted by Crippen LogP contribution is -2.46. The number of nitrogens with zero attached hydrogens (tertiary/aromatic N) is 1. The van der Waals surface area contributed by atoms with E-state index < -0.39 is 22.2 Å². The Balaban J connectivity index is 1.78. The first-order valence-corrected chi connectivity index (χ1v) is 9.54. The molecular formula is C17H17N3O5S. The molecule has 2 aromatic rings. The summed E-state index contributed by atoms with van der Waals surface area (Å²) in [7, 11) is -3.88. The zero-order valence-electron chi connectivity index (χ0n) is 13.7. The number of ether oxygens (including phenoxy) is 2. The summed E-state index contributed by atoms with van der Waals surface area (Å²) in [5.41, 5.74) is 7.31. The molecule has 8 nitrogen and oxygen atoms in total.